The molecule has 1 aromatic carbocycles. The van der Waals surface area contributed by atoms with Crippen LogP contribution in [0.5, 0.6) is 0 Å². The largest absolute Gasteiger partial charge is 0.462 e. The molecular weight excluding hydrogens is 410 g/mol. The van der Waals surface area contributed by atoms with Crippen molar-refractivity contribution < 1.29 is 22.9 Å². The number of piperidine rings is 1. The Balaban J connectivity index is 0.00000392. The molecular formula is C17H26ClN3O6S. The number of nitro benzene ring substituents is 1. The number of hydrogen-bond donors (Lipinski definition) is 1. The Labute approximate surface area is 170 Å². The van der Waals surface area contributed by atoms with Crippen LogP contribution in [0.3, 0.4) is 0 Å². The van der Waals surface area contributed by atoms with Crippen LogP contribution in [-0.4, -0.2) is 49.4 Å². The molecule has 11 heteroatoms. The smallest absolute Gasteiger partial charge is 0.338 e. The fourth-order valence-corrected chi connectivity index (χ4v) is 4.79. The Bertz CT molecular complexity index is 844. The minimum Gasteiger partial charge on any atom is -0.462 e. The van der Waals surface area contributed by atoms with E-state index in [1.807, 2.05) is 6.92 Å². The van der Waals surface area contributed by atoms with Crippen molar-refractivity contribution in [1.82, 2.24) is 4.31 Å². The van der Waals surface area contributed by atoms with Crippen LogP contribution in [0.15, 0.2) is 17.0 Å². The zero-order valence-electron chi connectivity index (χ0n) is 16.1. The third kappa shape index (κ3) is 4.99. The van der Waals surface area contributed by atoms with Crippen LogP contribution < -0.4 is 5.73 Å². The van der Waals surface area contributed by atoms with Gasteiger partial charge in [-0.3, -0.25) is 10.1 Å². The standard InChI is InChI=1S/C17H25N3O6S.ClH/c1-4-26-17(21)15-8-14(9-16(11(15)2)20(22)23)27(24,25)19-7-5-6-13(10-19)12(3)18;/h8-9,12-13H,4-7,10,18H2,1-3H3;1H. The van der Waals surface area contributed by atoms with Gasteiger partial charge in [0.15, 0.2) is 0 Å². The molecule has 0 bridgehead atoms. The van der Waals surface area contributed by atoms with Gasteiger partial charge >= 0.3 is 5.97 Å². The highest BCUT2D eigenvalue weighted by molar-refractivity contribution is 7.89. The molecule has 0 aromatic heterocycles. The molecule has 0 aliphatic carbocycles. The van der Waals surface area contributed by atoms with Gasteiger partial charge in [0.2, 0.25) is 10.0 Å². The van der Waals surface area contributed by atoms with Gasteiger partial charge in [-0.15, -0.1) is 12.4 Å². The minimum atomic E-state index is -4.01. The van der Waals surface area contributed by atoms with Crippen molar-refractivity contribution >= 4 is 34.1 Å². The van der Waals surface area contributed by atoms with Crippen LogP contribution in [0.2, 0.25) is 0 Å². The molecule has 1 heterocycles. The molecule has 1 aromatic rings. The number of carbonyl (C=O) groups excluding carboxylic acids is 1. The summed E-state index contributed by atoms with van der Waals surface area (Å²) in [6.45, 7) is 5.46. The van der Waals surface area contributed by atoms with Gasteiger partial charge in [0.05, 0.1) is 22.0 Å². The number of nitrogens with zero attached hydrogens (tertiary/aromatic N) is 2. The summed E-state index contributed by atoms with van der Waals surface area (Å²) < 4.78 is 32.4. The first-order valence-corrected chi connectivity index (χ1v) is 10.3. The van der Waals surface area contributed by atoms with E-state index in [4.69, 9.17) is 10.5 Å². The number of halogens is 1. The van der Waals surface area contributed by atoms with Gasteiger partial charge in [-0.2, -0.15) is 4.31 Å². The number of carbonyl (C=O) groups is 1. The summed E-state index contributed by atoms with van der Waals surface area (Å²) in [7, 11) is -4.01. The number of rotatable bonds is 6. The van der Waals surface area contributed by atoms with Gasteiger partial charge in [-0.25, -0.2) is 13.2 Å². The predicted octanol–water partition coefficient (Wildman–Crippen LogP) is 2.25. The van der Waals surface area contributed by atoms with Gasteiger partial charge in [-0.05, 0) is 45.6 Å². The second-order valence-electron chi connectivity index (χ2n) is 6.72. The Morgan fingerprint density at radius 2 is 2.11 bits per heavy atom. The summed E-state index contributed by atoms with van der Waals surface area (Å²) in [6, 6.07) is 2.00. The summed E-state index contributed by atoms with van der Waals surface area (Å²) >= 11 is 0. The molecule has 0 saturated carbocycles. The summed E-state index contributed by atoms with van der Waals surface area (Å²) in [4.78, 5) is 22.6. The molecule has 9 nitrogen and oxygen atoms in total. The molecule has 0 amide bonds. The van der Waals surface area contributed by atoms with Gasteiger partial charge in [0, 0.05) is 30.8 Å². The summed E-state index contributed by atoms with van der Waals surface area (Å²) in [5.74, 6) is -0.777. The van der Waals surface area contributed by atoms with E-state index in [0.29, 0.717) is 13.0 Å². The van der Waals surface area contributed by atoms with Crippen molar-refractivity contribution in [2.24, 2.45) is 11.7 Å². The second kappa shape index (κ2) is 9.64. The third-order valence-electron chi connectivity index (χ3n) is 4.85. The highest BCUT2D eigenvalue weighted by Gasteiger charge is 2.34. The van der Waals surface area contributed by atoms with Crippen molar-refractivity contribution in [2.45, 2.75) is 44.6 Å². The van der Waals surface area contributed by atoms with Crippen molar-refractivity contribution in [3.05, 3.63) is 33.4 Å². The summed E-state index contributed by atoms with van der Waals surface area (Å²) in [6.07, 6.45) is 1.48. The number of esters is 1. The first kappa shape index (κ1) is 24.3. The molecule has 2 rings (SSSR count). The third-order valence-corrected chi connectivity index (χ3v) is 6.69. The van der Waals surface area contributed by atoms with Gasteiger partial charge in [-0.1, -0.05) is 0 Å². The number of nitrogens with two attached hydrogens (primary N) is 1. The topological polar surface area (TPSA) is 133 Å². The zero-order valence-corrected chi connectivity index (χ0v) is 17.7. The van der Waals surface area contributed by atoms with Crippen LogP contribution >= 0.6 is 12.4 Å². The molecule has 1 fully saturated rings. The highest BCUT2D eigenvalue weighted by atomic mass is 35.5. The van der Waals surface area contributed by atoms with Gasteiger partial charge < -0.3 is 10.5 Å². The molecule has 158 valence electrons. The Hall–Kier alpha value is -1.75. The lowest BCUT2D eigenvalue weighted by Gasteiger charge is -2.33. The second-order valence-corrected chi connectivity index (χ2v) is 8.65. The van der Waals surface area contributed by atoms with E-state index in [1.54, 1.807) is 6.92 Å². The summed E-state index contributed by atoms with van der Waals surface area (Å²) in [5.41, 5.74) is 5.44. The van der Waals surface area contributed by atoms with Crippen molar-refractivity contribution in [2.75, 3.05) is 19.7 Å². The lowest BCUT2D eigenvalue weighted by molar-refractivity contribution is -0.385. The minimum absolute atomic E-state index is 0. The van der Waals surface area contributed by atoms with Crippen LogP contribution in [0, 0.1) is 23.0 Å². The van der Waals surface area contributed by atoms with E-state index in [2.05, 4.69) is 0 Å². The first-order chi connectivity index (χ1) is 12.6. The quantitative estimate of drug-likeness (QED) is 0.411. The average molecular weight is 436 g/mol. The Morgan fingerprint density at radius 3 is 2.64 bits per heavy atom. The number of ether oxygens (including phenoxy) is 1. The van der Waals surface area contributed by atoms with E-state index in [9.17, 15) is 23.3 Å². The van der Waals surface area contributed by atoms with Gasteiger partial charge in [0.1, 0.15) is 0 Å². The molecule has 1 aliphatic heterocycles. The van der Waals surface area contributed by atoms with E-state index in [0.717, 1.165) is 18.6 Å². The van der Waals surface area contributed by atoms with E-state index in [-0.39, 0.29) is 53.5 Å². The molecule has 1 aliphatic rings. The lowest BCUT2D eigenvalue weighted by atomic mass is 9.93. The molecule has 2 atom stereocenters. The molecule has 28 heavy (non-hydrogen) atoms. The lowest BCUT2D eigenvalue weighted by Crippen LogP contribution is -2.45. The van der Waals surface area contributed by atoms with Crippen LogP contribution in [0.1, 0.15) is 42.6 Å². The van der Waals surface area contributed by atoms with E-state index in [1.165, 1.54) is 11.2 Å². The maximum absolute atomic E-state index is 13.1. The van der Waals surface area contributed by atoms with Crippen LogP contribution in [-0.2, 0) is 14.8 Å². The molecule has 0 radical (unpaired) electrons. The molecule has 2 N–H and O–H groups in total. The van der Waals surface area contributed by atoms with Crippen molar-refractivity contribution in [3.8, 4) is 0 Å². The fraction of sp³-hybridized carbons (Fsp3) is 0.588. The van der Waals surface area contributed by atoms with Crippen LogP contribution in [0.25, 0.3) is 0 Å². The monoisotopic (exact) mass is 435 g/mol. The zero-order chi connectivity index (χ0) is 20.4. The number of benzene rings is 1. The van der Waals surface area contributed by atoms with Gasteiger partial charge in [0.25, 0.3) is 5.69 Å². The molecule has 1 saturated heterocycles. The average Bonchev–Trinajstić information content (AvgIpc) is 2.61. The Kier molecular flexibility index (Phi) is 8.36. The highest BCUT2D eigenvalue weighted by Crippen LogP contribution is 2.31. The Morgan fingerprint density at radius 1 is 1.46 bits per heavy atom. The number of sulfonamides is 1. The SMILES string of the molecule is CCOC(=O)c1cc(S(=O)(=O)N2CCCC(C(C)N)C2)cc([N+](=O)[O-])c1C.Cl. The predicted molar refractivity (Wildman–Crippen MR) is 106 cm³/mol. The number of hydrogen-bond acceptors (Lipinski definition) is 7. The normalized spacial score (nSPS) is 18.8. The number of nitro groups is 1. The maximum Gasteiger partial charge on any atom is 0.338 e. The van der Waals surface area contributed by atoms with E-state index >= 15 is 0 Å². The van der Waals surface area contributed by atoms with Crippen molar-refractivity contribution in [3.63, 3.8) is 0 Å². The fourth-order valence-electron chi connectivity index (χ4n) is 3.20. The van der Waals surface area contributed by atoms with Crippen LogP contribution in [0.4, 0.5) is 5.69 Å². The van der Waals surface area contributed by atoms with E-state index < -0.39 is 26.6 Å². The first-order valence-electron chi connectivity index (χ1n) is 8.81. The summed E-state index contributed by atoms with van der Waals surface area (Å²) in [5, 5.41) is 11.4. The molecule has 0 spiro atoms. The molecule has 2 unspecified atom stereocenters. The van der Waals surface area contributed by atoms with Crippen molar-refractivity contribution in [1.29, 1.82) is 0 Å². The maximum atomic E-state index is 13.1.